The fraction of sp³-hybridized carbons (Fsp3) is 0.500. The largest absolute Gasteiger partial charge is 0.504 e. The molecule has 2 aromatic carbocycles. The quantitative estimate of drug-likeness (QED) is 0.653. The maximum Gasteiger partial charge on any atom is 0.164 e. The number of Topliss-reactive ketones (excluding diaryl/α,β-unsaturated/α-hetero) is 1. The van der Waals surface area contributed by atoms with Crippen molar-refractivity contribution in [2.45, 2.75) is 63.6 Å². The SMILES string of the molecule is O=C1[C@H]2Cc3cccc(O)c3OC2C2(CCCCCC2)[C@@H]2Oc3c(O)cccc3C[C@@H]12. The summed E-state index contributed by atoms with van der Waals surface area (Å²) in [7, 11) is 0. The molecular formula is C26H28O5. The van der Waals surface area contributed by atoms with Crippen LogP contribution < -0.4 is 9.47 Å². The van der Waals surface area contributed by atoms with Crippen molar-refractivity contribution < 1.29 is 24.5 Å². The molecule has 0 aromatic heterocycles. The van der Waals surface area contributed by atoms with Crippen LogP contribution >= 0.6 is 0 Å². The van der Waals surface area contributed by atoms with E-state index in [-0.39, 0.29) is 46.7 Å². The minimum Gasteiger partial charge on any atom is -0.504 e. The van der Waals surface area contributed by atoms with Crippen LogP contribution in [0.3, 0.4) is 0 Å². The first-order valence-corrected chi connectivity index (χ1v) is 11.6. The molecule has 0 amide bonds. The summed E-state index contributed by atoms with van der Waals surface area (Å²) in [5.41, 5.74) is 1.51. The Kier molecular flexibility index (Phi) is 4.24. The molecule has 2 N–H and O–H groups in total. The zero-order valence-corrected chi connectivity index (χ0v) is 17.5. The Morgan fingerprint density at radius 2 is 1.23 bits per heavy atom. The van der Waals surface area contributed by atoms with Gasteiger partial charge in [-0.05, 0) is 48.9 Å². The van der Waals surface area contributed by atoms with E-state index in [0.29, 0.717) is 24.3 Å². The fourth-order valence-electron chi connectivity index (χ4n) is 6.77. The fourth-order valence-corrected chi connectivity index (χ4v) is 6.77. The number of phenols is 2. The number of phenolic OH excluding ortho intramolecular Hbond substituents is 2. The Morgan fingerprint density at radius 1 is 0.742 bits per heavy atom. The van der Waals surface area contributed by atoms with Gasteiger partial charge in [0.25, 0.3) is 0 Å². The molecule has 5 nitrogen and oxygen atoms in total. The van der Waals surface area contributed by atoms with E-state index in [2.05, 4.69) is 0 Å². The van der Waals surface area contributed by atoms with Crippen molar-refractivity contribution >= 4 is 5.78 Å². The number of rotatable bonds is 0. The van der Waals surface area contributed by atoms with Crippen LogP contribution in [0.1, 0.15) is 49.7 Å². The molecule has 4 aliphatic rings. The average Bonchev–Trinajstić information content (AvgIpc) is 3.04. The molecule has 5 heteroatoms. The molecule has 4 atom stereocenters. The van der Waals surface area contributed by atoms with Crippen molar-refractivity contribution in [2.24, 2.45) is 17.3 Å². The van der Waals surface area contributed by atoms with E-state index in [9.17, 15) is 15.0 Å². The van der Waals surface area contributed by atoms with Gasteiger partial charge in [-0.1, -0.05) is 49.9 Å². The summed E-state index contributed by atoms with van der Waals surface area (Å²) in [5, 5.41) is 21.0. The average molecular weight is 421 g/mol. The van der Waals surface area contributed by atoms with Gasteiger partial charge >= 0.3 is 0 Å². The van der Waals surface area contributed by atoms with Gasteiger partial charge in [0.15, 0.2) is 23.0 Å². The molecule has 1 spiro atoms. The van der Waals surface area contributed by atoms with Crippen LogP contribution in [-0.2, 0) is 17.6 Å². The van der Waals surface area contributed by atoms with Gasteiger partial charge in [0.2, 0.25) is 0 Å². The number of ketones is 1. The van der Waals surface area contributed by atoms with Crippen molar-refractivity contribution in [1.29, 1.82) is 0 Å². The van der Waals surface area contributed by atoms with Crippen LogP contribution in [0.25, 0.3) is 0 Å². The molecule has 31 heavy (non-hydrogen) atoms. The van der Waals surface area contributed by atoms with E-state index in [1.54, 1.807) is 12.1 Å². The van der Waals surface area contributed by atoms with Crippen LogP contribution in [0.2, 0.25) is 0 Å². The molecule has 1 unspecified atom stereocenters. The summed E-state index contributed by atoms with van der Waals surface area (Å²) < 4.78 is 13.1. The topological polar surface area (TPSA) is 76.0 Å². The Labute approximate surface area is 182 Å². The number of aromatic hydroxyl groups is 2. The van der Waals surface area contributed by atoms with Gasteiger partial charge in [-0.2, -0.15) is 0 Å². The Bertz CT molecular complexity index is 963. The second kappa shape index (κ2) is 6.91. The van der Waals surface area contributed by atoms with E-state index < -0.39 is 0 Å². The van der Waals surface area contributed by atoms with Crippen LogP contribution in [0.15, 0.2) is 36.4 Å². The van der Waals surface area contributed by atoms with Gasteiger partial charge in [0, 0.05) is 5.41 Å². The van der Waals surface area contributed by atoms with Crippen LogP contribution in [-0.4, -0.2) is 28.2 Å². The minimum absolute atomic E-state index is 0.141. The van der Waals surface area contributed by atoms with E-state index in [0.717, 1.165) is 36.8 Å². The molecule has 162 valence electrons. The zero-order chi connectivity index (χ0) is 21.2. The van der Waals surface area contributed by atoms with Crippen molar-refractivity contribution in [3.05, 3.63) is 47.5 Å². The molecule has 2 saturated carbocycles. The first-order chi connectivity index (χ1) is 15.1. The van der Waals surface area contributed by atoms with Crippen molar-refractivity contribution in [1.82, 2.24) is 0 Å². The number of hydrogen-bond donors (Lipinski definition) is 2. The lowest BCUT2D eigenvalue weighted by molar-refractivity contribution is -0.171. The van der Waals surface area contributed by atoms with Crippen LogP contribution in [0.5, 0.6) is 23.0 Å². The maximum absolute atomic E-state index is 13.8. The van der Waals surface area contributed by atoms with E-state index in [1.807, 2.05) is 24.3 Å². The predicted molar refractivity (Wildman–Crippen MR) is 115 cm³/mol. The van der Waals surface area contributed by atoms with Gasteiger partial charge in [0.1, 0.15) is 18.0 Å². The second-order valence-electron chi connectivity index (χ2n) is 9.78. The highest BCUT2D eigenvalue weighted by Gasteiger charge is 2.63. The van der Waals surface area contributed by atoms with Crippen molar-refractivity contribution in [3.63, 3.8) is 0 Å². The standard InChI is InChI=1S/C26H28O5/c27-19-9-5-7-15-13-17-21(29)18-14-16-8-6-10-20(28)23(16)31-25(18)26(24(17)30-22(15)19)11-3-1-2-4-12-26/h5-10,17-18,24-25,27-28H,1-4,11-14H2/t17-,18+,24+,25?/m0/s1. The number of para-hydroxylation sites is 2. The number of benzene rings is 2. The van der Waals surface area contributed by atoms with E-state index in [1.165, 1.54) is 12.8 Å². The first-order valence-electron chi connectivity index (χ1n) is 11.6. The lowest BCUT2D eigenvalue weighted by Crippen LogP contribution is -2.66. The molecule has 0 radical (unpaired) electrons. The third-order valence-corrected chi connectivity index (χ3v) is 8.15. The highest BCUT2D eigenvalue weighted by atomic mass is 16.5. The summed E-state index contributed by atoms with van der Waals surface area (Å²) in [5.74, 6) is 1.08. The zero-order valence-electron chi connectivity index (χ0n) is 17.5. The van der Waals surface area contributed by atoms with Crippen LogP contribution in [0, 0.1) is 17.3 Å². The molecule has 2 aromatic rings. The summed E-state index contributed by atoms with van der Waals surface area (Å²) in [6, 6.07) is 10.8. The number of carbonyl (C=O) groups is 1. The molecular weight excluding hydrogens is 392 g/mol. The maximum atomic E-state index is 13.8. The molecule has 2 aliphatic heterocycles. The second-order valence-corrected chi connectivity index (χ2v) is 9.78. The number of ether oxygens (including phenoxy) is 2. The van der Waals surface area contributed by atoms with Gasteiger partial charge in [-0.15, -0.1) is 0 Å². The Hall–Kier alpha value is -2.69. The molecule has 2 fully saturated rings. The minimum atomic E-state index is -0.312. The summed E-state index contributed by atoms with van der Waals surface area (Å²) in [4.78, 5) is 13.8. The van der Waals surface area contributed by atoms with E-state index in [4.69, 9.17) is 9.47 Å². The van der Waals surface area contributed by atoms with Gasteiger partial charge < -0.3 is 19.7 Å². The predicted octanol–water partition coefficient (Wildman–Crippen LogP) is 4.56. The molecule has 2 heterocycles. The van der Waals surface area contributed by atoms with E-state index >= 15 is 0 Å². The lowest BCUT2D eigenvalue weighted by Gasteiger charge is -2.56. The lowest BCUT2D eigenvalue weighted by atomic mass is 9.55. The first kappa shape index (κ1) is 19.0. The molecule has 2 aliphatic carbocycles. The molecule has 0 saturated heterocycles. The smallest absolute Gasteiger partial charge is 0.164 e. The third kappa shape index (κ3) is 2.71. The van der Waals surface area contributed by atoms with Crippen molar-refractivity contribution in [3.8, 4) is 23.0 Å². The number of hydrogen-bond acceptors (Lipinski definition) is 5. The highest BCUT2D eigenvalue weighted by Crippen LogP contribution is 2.58. The Morgan fingerprint density at radius 3 is 1.71 bits per heavy atom. The van der Waals surface area contributed by atoms with Gasteiger partial charge in [-0.25, -0.2) is 0 Å². The number of fused-ring (bicyclic) bond motifs is 6. The Balaban J connectivity index is 1.50. The normalized spacial score (nSPS) is 30.6. The summed E-state index contributed by atoms with van der Waals surface area (Å²) >= 11 is 0. The monoisotopic (exact) mass is 420 g/mol. The molecule has 0 bridgehead atoms. The third-order valence-electron chi connectivity index (χ3n) is 8.15. The highest BCUT2D eigenvalue weighted by molar-refractivity contribution is 5.87. The van der Waals surface area contributed by atoms with Crippen molar-refractivity contribution in [2.75, 3.05) is 0 Å². The van der Waals surface area contributed by atoms with Crippen LogP contribution in [0.4, 0.5) is 0 Å². The summed E-state index contributed by atoms with van der Waals surface area (Å²) in [6.45, 7) is 0. The van der Waals surface area contributed by atoms with Gasteiger partial charge in [0.05, 0.1) is 11.8 Å². The van der Waals surface area contributed by atoms with Gasteiger partial charge in [-0.3, -0.25) is 4.79 Å². The molecule has 6 rings (SSSR count). The summed E-state index contributed by atoms with van der Waals surface area (Å²) in [6.07, 6.45) is 6.96. The number of carbonyl (C=O) groups excluding carboxylic acids is 1.